The predicted octanol–water partition coefficient (Wildman–Crippen LogP) is 2.06. The molecule has 0 aromatic carbocycles. The van der Waals surface area contributed by atoms with E-state index in [2.05, 4.69) is 25.3 Å². The van der Waals surface area contributed by atoms with Crippen molar-refractivity contribution in [3.8, 4) is 22.9 Å². The summed E-state index contributed by atoms with van der Waals surface area (Å²) in [6.45, 7) is 0.209. The zero-order valence-electron chi connectivity index (χ0n) is 15.3. The lowest BCUT2D eigenvalue weighted by Crippen LogP contribution is -2.27. The number of nitrogens with zero attached hydrogens (tertiary/aromatic N) is 4. The standard InChI is InChI=1S/C19H18FN5O3/c1-27-14-7-12(18(20)24-9-14)5-6-22-19(26)16-11-21-10-15(25-16)13-3-4-17(28-2)23-8-13/h3-4,7-11H,5-6H2,1-2H3,(H,22,26). The highest BCUT2D eigenvalue weighted by molar-refractivity contribution is 5.92. The van der Waals surface area contributed by atoms with Gasteiger partial charge in [0.1, 0.15) is 11.4 Å². The minimum atomic E-state index is -0.594. The Morgan fingerprint density at radius 1 is 1.11 bits per heavy atom. The average molecular weight is 383 g/mol. The van der Waals surface area contributed by atoms with Crippen LogP contribution in [0, 0.1) is 5.95 Å². The molecule has 0 aliphatic heterocycles. The van der Waals surface area contributed by atoms with Crippen LogP contribution in [0.4, 0.5) is 4.39 Å². The van der Waals surface area contributed by atoms with Crippen molar-refractivity contribution in [2.75, 3.05) is 20.8 Å². The van der Waals surface area contributed by atoms with Gasteiger partial charge in [-0.15, -0.1) is 0 Å². The monoisotopic (exact) mass is 383 g/mol. The minimum Gasteiger partial charge on any atom is -0.495 e. The van der Waals surface area contributed by atoms with E-state index < -0.39 is 11.9 Å². The summed E-state index contributed by atoms with van der Waals surface area (Å²) in [6.07, 6.45) is 6.05. The van der Waals surface area contributed by atoms with Crippen LogP contribution < -0.4 is 14.8 Å². The zero-order valence-corrected chi connectivity index (χ0v) is 15.3. The van der Waals surface area contributed by atoms with Crippen LogP contribution in [-0.4, -0.2) is 46.6 Å². The molecule has 3 rings (SSSR count). The first-order valence-corrected chi connectivity index (χ1v) is 8.39. The summed E-state index contributed by atoms with van der Waals surface area (Å²) in [5.41, 5.74) is 1.71. The maximum Gasteiger partial charge on any atom is 0.271 e. The first-order chi connectivity index (χ1) is 13.6. The number of ether oxygens (including phenoxy) is 2. The number of halogens is 1. The summed E-state index contributed by atoms with van der Waals surface area (Å²) in [5, 5.41) is 2.70. The fraction of sp³-hybridized carbons (Fsp3) is 0.211. The third-order valence-electron chi connectivity index (χ3n) is 3.91. The van der Waals surface area contributed by atoms with Gasteiger partial charge in [-0.3, -0.25) is 9.78 Å². The number of carbonyl (C=O) groups is 1. The third kappa shape index (κ3) is 4.56. The molecule has 3 aromatic heterocycles. The maximum atomic E-state index is 13.7. The molecule has 28 heavy (non-hydrogen) atoms. The number of pyridine rings is 2. The van der Waals surface area contributed by atoms with Gasteiger partial charge < -0.3 is 14.8 Å². The summed E-state index contributed by atoms with van der Waals surface area (Å²) in [4.78, 5) is 28.4. The van der Waals surface area contributed by atoms with Gasteiger partial charge in [-0.2, -0.15) is 4.39 Å². The molecular formula is C19H18FN5O3. The molecule has 3 aromatic rings. The fourth-order valence-electron chi connectivity index (χ4n) is 2.43. The molecule has 0 unspecified atom stereocenters. The molecule has 0 aliphatic rings. The minimum absolute atomic E-state index is 0.151. The summed E-state index contributed by atoms with van der Waals surface area (Å²) >= 11 is 0. The largest absolute Gasteiger partial charge is 0.495 e. The Labute approximate surface area is 160 Å². The molecule has 1 N–H and O–H groups in total. The van der Waals surface area contributed by atoms with Crippen LogP contribution in [0.5, 0.6) is 11.6 Å². The van der Waals surface area contributed by atoms with E-state index in [1.807, 2.05) is 0 Å². The molecule has 8 nitrogen and oxygen atoms in total. The van der Waals surface area contributed by atoms with Crippen molar-refractivity contribution in [2.45, 2.75) is 6.42 Å². The second kappa shape index (κ2) is 8.85. The molecule has 0 saturated heterocycles. The Morgan fingerprint density at radius 3 is 2.68 bits per heavy atom. The van der Waals surface area contributed by atoms with Gasteiger partial charge in [-0.1, -0.05) is 0 Å². The van der Waals surface area contributed by atoms with Crippen LogP contribution in [-0.2, 0) is 6.42 Å². The SMILES string of the molecule is COc1cnc(F)c(CCNC(=O)c2cncc(-c3ccc(OC)nc3)n2)c1. The number of rotatable bonds is 7. The maximum absolute atomic E-state index is 13.7. The zero-order chi connectivity index (χ0) is 19.9. The second-order valence-electron chi connectivity index (χ2n) is 5.71. The summed E-state index contributed by atoms with van der Waals surface area (Å²) in [7, 11) is 3.00. The Hall–Kier alpha value is -3.62. The van der Waals surface area contributed by atoms with Gasteiger partial charge in [0.25, 0.3) is 5.91 Å². The van der Waals surface area contributed by atoms with Gasteiger partial charge in [-0.05, 0) is 18.6 Å². The predicted molar refractivity (Wildman–Crippen MR) is 98.6 cm³/mol. The second-order valence-corrected chi connectivity index (χ2v) is 5.71. The lowest BCUT2D eigenvalue weighted by Gasteiger charge is -2.08. The normalized spacial score (nSPS) is 10.4. The fourth-order valence-corrected chi connectivity index (χ4v) is 2.43. The van der Waals surface area contributed by atoms with Crippen LogP contribution in [0.15, 0.2) is 43.0 Å². The summed E-state index contributed by atoms with van der Waals surface area (Å²) in [5.74, 6) is -0.0739. The van der Waals surface area contributed by atoms with Crippen LogP contribution >= 0.6 is 0 Å². The van der Waals surface area contributed by atoms with E-state index in [-0.39, 0.29) is 18.7 Å². The van der Waals surface area contributed by atoms with E-state index in [4.69, 9.17) is 9.47 Å². The number of amides is 1. The summed E-state index contributed by atoms with van der Waals surface area (Å²) < 4.78 is 23.8. The number of nitrogens with one attached hydrogen (secondary N) is 1. The van der Waals surface area contributed by atoms with E-state index >= 15 is 0 Å². The Morgan fingerprint density at radius 2 is 1.96 bits per heavy atom. The number of hydrogen-bond acceptors (Lipinski definition) is 7. The van der Waals surface area contributed by atoms with Gasteiger partial charge in [0.2, 0.25) is 11.8 Å². The number of aromatic nitrogens is 4. The molecule has 0 saturated carbocycles. The van der Waals surface area contributed by atoms with Crippen LogP contribution in [0.1, 0.15) is 16.1 Å². The molecule has 0 bridgehead atoms. The molecule has 3 heterocycles. The van der Waals surface area contributed by atoms with Gasteiger partial charge in [0, 0.05) is 29.9 Å². The lowest BCUT2D eigenvalue weighted by molar-refractivity contribution is 0.0948. The quantitative estimate of drug-likeness (QED) is 0.624. The number of hydrogen-bond donors (Lipinski definition) is 1. The molecule has 1 amide bonds. The summed E-state index contributed by atoms with van der Waals surface area (Å²) in [6, 6.07) is 5.02. The molecule has 0 spiro atoms. The highest BCUT2D eigenvalue weighted by Gasteiger charge is 2.11. The van der Waals surface area contributed by atoms with Crippen molar-refractivity contribution in [2.24, 2.45) is 0 Å². The van der Waals surface area contributed by atoms with E-state index in [0.29, 0.717) is 28.5 Å². The van der Waals surface area contributed by atoms with Gasteiger partial charge in [-0.25, -0.2) is 15.0 Å². The Kier molecular flexibility index (Phi) is 6.05. The van der Waals surface area contributed by atoms with Crippen molar-refractivity contribution >= 4 is 5.91 Å². The molecule has 144 valence electrons. The van der Waals surface area contributed by atoms with Crippen LogP contribution in [0.25, 0.3) is 11.3 Å². The van der Waals surface area contributed by atoms with E-state index in [0.717, 1.165) is 0 Å². The number of carbonyl (C=O) groups excluding carboxylic acids is 1. The van der Waals surface area contributed by atoms with E-state index in [1.165, 1.54) is 32.8 Å². The number of methoxy groups -OCH3 is 2. The van der Waals surface area contributed by atoms with Gasteiger partial charge in [0.15, 0.2) is 0 Å². The van der Waals surface area contributed by atoms with E-state index in [1.54, 1.807) is 24.4 Å². The molecule has 0 atom stereocenters. The molecule has 0 aliphatic carbocycles. The highest BCUT2D eigenvalue weighted by atomic mass is 19.1. The Bertz CT molecular complexity index is 966. The van der Waals surface area contributed by atoms with Crippen LogP contribution in [0.3, 0.4) is 0 Å². The first kappa shape index (κ1) is 19.2. The highest BCUT2D eigenvalue weighted by Crippen LogP contribution is 2.18. The van der Waals surface area contributed by atoms with E-state index in [9.17, 15) is 9.18 Å². The van der Waals surface area contributed by atoms with Crippen molar-refractivity contribution in [1.82, 2.24) is 25.3 Å². The molecule has 9 heteroatoms. The first-order valence-electron chi connectivity index (χ1n) is 8.39. The average Bonchev–Trinajstić information content (AvgIpc) is 2.75. The van der Waals surface area contributed by atoms with Crippen LogP contribution in [0.2, 0.25) is 0 Å². The lowest BCUT2D eigenvalue weighted by atomic mass is 10.2. The van der Waals surface area contributed by atoms with Gasteiger partial charge in [0.05, 0.1) is 38.5 Å². The van der Waals surface area contributed by atoms with Crippen molar-refractivity contribution in [3.05, 3.63) is 60.2 Å². The topological polar surface area (TPSA) is 99.1 Å². The van der Waals surface area contributed by atoms with Crippen molar-refractivity contribution in [3.63, 3.8) is 0 Å². The molecule has 0 fully saturated rings. The molecular weight excluding hydrogens is 365 g/mol. The van der Waals surface area contributed by atoms with Gasteiger partial charge >= 0.3 is 0 Å². The molecule has 0 radical (unpaired) electrons. The Balaban J connectivity index is 1.64. The smallest absolute Gasteiger partial charge is 0.271 e. The third-order valence-corrected chi connectivity index (χ3v) is 3.91. The van der Waals surface area contributed by atoms with Crippen molar-refractivity contribution < 1.29 is 18.7 Å². The van der Waals surface area contributed by atoms with Crippen molar-refractivity contribution in [1.29, 1.82) is 0 Å².